The Hall–Kier alpha value is -1.44. The molecular weight excluding hydrogens is 304 g/mol. The monoisotopic (exact) mass is 334 g/mol. The van der Waals surface area contributed by atoms with Crippen LogP contribution < -0.4 is 0 Å². The van der Waals surface area contributed by atoms with Crippen LogP contribution in [-0.2, 0) is 17.9 Å². The predicted molar refractivity (Wildman–Crippen MR) is 93.6 cm³/mol. The van der Waals surface area contributed by atoms with E-state index in [1.165, 1.54) is 0 Å². The Labute approximate surface area is 144 Å². The number of imidazole rings is 1. The van der Waals surface area contributed by atoms with E-state index >= 15 is 0 Å². The van der Waals surface area contributed by atoms with Crippen LogP contribution in [0.4, 0.5) is 0 Å². The summed E-state index contributed by atoms with van der Waals surface area (Å²) in [6.07, 6.45) is 3.95. The zero-order chi connectivity index (χ0) is 17.1. The number of nitrogens with zero attached hydrogens (tertiary/aromatic N) is 6. The van der Waals surface area contributed by atoms with Crippen molar-refractivity contribution in [2.75, 3.05) is 67.0 Å². The summed E-state index contributed by atoms with van der Waals surface area (Å²) in [5.41, 5.74) is 0. The van der Waals surface area contributed by atoms with Gasteiger partial charge in [-0.25, -0.2) is 4.98 Å². The summed E-state index contributed by atoms with van der Waals surface area (Å²) in [6.45, 7) is 8.84. The fourth-order valence-electron chi connectivity index (χ4n) is 3.59. The van der Waals surface area contributed by atoms with Crippen molar-refractivity contribution in [2.45, 2.75) is 13.1 Å². The molecule has 0 aromatic carbocycles. The van der Waals surface area contributed by atoms with Gasteiger partial charge < -0.3 is 19.3 Å². The zero-order valence-electron chi connectivity index (χ0n) is 15.2. The molecule has 0 radical (unpaired) electrons. The molecule has 1 fully saturated rings. The molecule has 1 saturated heterocycles. The molecule has 0 spiro atoms. The van der Waals surface area contributed by atoms with Crippen molar-refractivity contribution in [3.8, 4) is 0 Å². The maximum Gasteiger partial charge on any atom is 0.236 e. The maximum absolute atomic E-state index is 12.1. The van der Waals surface area contributed by atoms with Crippen molar-refractivity contribution in [3.05, 3.63) is 18.2 Å². The Morgan fingerprint density at radius 2 is 1.96 bits per heavy atom. The smallest absolute Gasteiger partial charge is 0.236 e. The van der Waals surface area contributed by atoms with Gasteiger partial charge in [-0.3, -0.25) is 9.69 Å². The van der Waals surface area contributed by atoms with Crippen molar-refractivity contribution in [1.29, 1.82) is 0 Å². The summed E-state index contributed by atoms with van der Waals surface area (Å²) >= 11 is 0. The molecule has 7 nitrogen and oxygen atoms in total. The van der Waals surface area contributed by atoms with Crippen LogP contribution >= 0.6 is 0 Å². The van der Waals surface area contributed by atoms with E-state index in [4.69, 9.17) is 0 Å². The summed E-state index contributed by atoms with van der Waals surface area (Å²) in [6, 6.07) is 0. The molecule has 1 aromatic rings. The highest BCUT2D eigenvalue weighted by Gasteiger charge is 2.26. The lowest BCUT2D eigenvalue weighted by Crippen LogP contribution is -2.48. The van der Waals surface area contributed by atoms with Crippen LogP contribution in [0.5, 0.6) is 0 Å². The third-order valence-corrected chi connectivity index (χ3v) is 5.11. The van der Waals surface area contributed by atoms with Gasteiger partial charge in [0.1, 0.15) is 5.82 Å². The van der Waals surface area contributed by atoms with Crippen LogP contribution in [0.2, 0.25) is 0 Å². The first-order valence-corrected chi connectivity index (χ1v) is 8.84. The molecular formula is C17H30N6O. The highest BCUT2D eigenvalue weighted by atomic mass is 16.2. The van der Waals surface area contributed by atoms with Crippen molar-refractivity contribution >= 4 is 5.91 Å². The minimum atomic E-state index is 0.161. The number of likely N-dealkylation sites (N-methyl/N-ethyl adjacent to an activating group) is 2. The first kappa shape index (κ1) is 17.4. The van der Waals surface area contributed by atoms with E-state index in [0.717, 1.165) is 58.2 Å². The van der Waals surface area contributed by atoms with E-state index in [2.05, 4.69) is 37.5 Å². The number of carbonyl (C=O) groups excluding carboxylic acids is 1. The quantitative estimate of drug-likeness (QED) is 0.753. The molecule has 1 unspecified atom stereocenters. The lowest BCUT2D eigenvalue weighted by molar-refractivity contribution is -0.130. The van der Waals surface area contributed by atoms with E-state index in [1.54, 1.807) is 4.90 Å². The van der Waals surface area contributed by atoms with Crippen LogP contribution in [0.3, 0.4) is 0 Å². The van der Waals surface area contributed by atoms with Gasteiger partial charge in [-0.15, -0.1) is 0 Å². The normalized spacial score (nSPS) is 23.7. The molecule has 0 N–H and O–H groups in total. The molecule has 0 aliphatic carbocycles. The molecule has 1 aromatic heterocycles. The van der Waals surface area contributed by atoms with E-state index in [9.17, 15) is 4.79 Å². The van der Waals surface area contributed by atoms with Crippen LogP contribution in [0.15, 0.2) is 12.4 Å². The number of hydrogen-bond donors (Lipinski definition) is 0. The molecule has 3 heterocycles. The minimum Gasteiger partial charge on any atom is -0.348 e. The van der Waals surface area contributed by atoms with Crippen LogP contribution in [0.25, 0.3) is 0 Å². The van der Waals surface area contributed by atoms with Gasteiger partial charge in [-0.2, -0.15) is 0 Å². The predicted octanol–water partition coefficient (Wildman–Crippen LogP) is -0.349. The molecule has 1 atom stereocenters. The molecule has 0 bridgehead atoms. The van der Waals surface area contributed by atoms with Crippen LogP contribution in [0, 0.1) is 5.92 Å². The molecule has 2 aliphatic rings. The number of carbonyl (C=O) groups is 1. The number of hydrogen-bond acceptors (Lipinski definition) is 5. The molecule has 3 rings (SSSR count). The summed E-state index contributed by atoms with van der Waals surface area (Å²) in [7, 11) is 5.83. The first-order chi connectivity index (χ1) is 11.5. The number of rotatable bonds is 4. The summed E-state index contributed by atoms with van der Waals surface area (Å²) in [5, 5.41) is 0. The van der Waals surface area contributed by atoms with Gasteiger partial charge in [0.15, 0.2) is 0 Å². The fourth-order valence-corrected chi connectivity index (χ4v) is 3.59. The molecule has 1 amide bonds. The topological polar surface area (TPSA) is 47.9 Å². The van der Waals surface area contributed by atoms with Crippen LogP contribution in [-0.4, -0.2) is 102 Å². The van der Waals surface area contributed by atoms with Gasteiger partial charge in [0.05, 0.1) is 13.1 Å². The number of piperazine rings is 1. The van der Waals surface area contributed by atoms with Gasteiger partial charge >= 0.3 is 0 Å². The van der Waals surface area contributed by atoms with Gasteiger partial charge in [-0.1, -0.05) is 0 Å². The van der Waals surface area contributed by atoms with Gasteiger partial charge in [0.2, 0.25) is 5.91 Å². The Balaban J connectivity index is 1.66. The van der Waals surface area contributed by atoms with E-state index < -0.39 is 0 Å². The largest absolute Gasteiger partial charge is 0.348 e. The second-order valence-corrected chi connectivity index (χ2v) is 7.42. The average Bonchev–Trinajstić information content (AvgIpc) is 2.89. The Morgan fingerprint density at radius 1 is 1.21 bits per heavy atom. The SMILES string of the molecule is CN1CCN(CC2CN(CC(=O)N(C)C)Cc3nccn3C2)CC1. The third-order valence-electron chi connectivity index (χ3n) is 5.11. The van der Waals surface area contributed by atoms with Crippen molar-refractivity contribution in [2.24, 2.45) is 5.92 Å². The number of aromatic nitrogens is 2. The highest BCUT2D eigenvalue weighted by molar-refractivity contribution is 5.77. The third kappa shape index (κ3) is 4.34. The highest BCUT2D eigenvalue weighted by Crippen LogP contribution is 2.17. The number of amides is 1. The van der Waals surface area contributed by atoms with Crippen molar-refractivity contribution in [3.63, 3.8) is 0 Å². The zero-order valence-corrected chi connectivity index (χ0v) is 15.2. The summed E-state index contributed by atoms with van der Waals surface area (Å²) in [4.78, 5) is 25.5. The Morgan fingerprint density at radius 3 is 2.67 bits per heavy atom. The lowest BCUT2D eigenvalue weighted by atomic mass is 10.1. The van der Waals surface area contributed by atoms with E-state index in [-0.39, 0.29) is 5.91 Å². The second-order valence-electron chi connectivity index (χ2n) is 7.42. The minimum absolute atomic E-state index is 0.161. The standard InChI is InChI=1S/C17H30N6O/c1-19(2)17(24)14-22-11-15(10-21-8-6-20(3)7-9-21)12-23-5-4-18-16(23)13-22/h4-5,15H,6-14H2,1-3H3. The van der Waals surface area contributed by atoms with Crippen molar-refractivity contribution in [1.82, 2.24) is 29.2 Å². The molecule has 134 valence electrons. The first-order valence-electron chi connectivity index (χ1n) is 8.84. The summed E-state index contributed by atoms with van der Waals surface area (Å²) < 4.78 is 2.26. The molecule has 7 heteroatoms. The molecule has 24 heavy (non-hydrogen) atoms. The maximum atomic E-state index is 12.1. The summed E-state index contributed by atoms with van der Waals surface area (Å²) in [5.74, 6) is 1.76. The fraction of sp³-hybridized carbons (Fsp3) is 0.765. The van der Waals surface area contributed by atoms with E-state index in [0.29, 0.717) is 12.5 Å². The Kier molecular flexibility index (Phi) is 5.53. The van der Waals surface area contributed by atoms with Gasteiger partial charge in [-0.05, 0) is 7.05 Å². The molecule has 2 aliphatic heterocycles. The Bertz CT molecular complexity index is 549. The van der Waals surface area contributed by atoms with Crippen LogP contribution in [0.1, 0.15) is 5.82 Å². The van der Waals surface area contributed by atoms with Crippen molar-refractivity contribution < 1.29 is 4.79 Å². The number of fused-ring (bicyclic) bond motifs is 1. The molecule has 0 saturated carbocycles. The van der Waals surface area contributed by atoms with E-state index in [1.807, 2.05) is 20.3 Å². The van der Waals surface area contributed by atoms with Gasteiger partial charge in [0.25, 0.3) is 0 Å². The van der Waals surface area contributed by atoms with Gasteiger partial charge in [0, 0.05) is 78.2 Å². The lowest BCUT2D eigenvalue weighted by Gasteiger charge is -2.35. The second kappa shape index (κ2) is 7.63. The average molecular weight is 334 g/mol.